The van der Waals surface area contributed by atoms with Gasteiger partial charge in [0, 0.05) is 12.0 Å². The average Bonchev–Trinajstić information content (AvgIpc) is 2.59. The Hall–Kier alpha value is -1.77. The molecule has 1 fully saturated rings. The minimum absolute atomic E-state index is 0.0626. The third-order valence-electron chi connectivity index (χ3n) is 5.35. The lowest BCUT2D eigenvalue weighted by atomic mass is 9.77. The number of hydrogen-bond acceptors (Lipinski definition) is 0. The second kappa shape index (κ2) is 7.42. The van der Waals surface area contributed by atoms with Crippen LogP contribution in [0.25, 0.3) is 0 Å². The number of halogens is 3. The van der Waals surface area contributed by atoms with Gasteiger partial charge in [0.15, 0.2) is 0 Å². The van der Waals surface area contributed by atoms with Crippen molar-refractivity contribution in [3.8, 4) is 0 Å². The van der Waals surface area contributed by atoms with Crippen LogP contribution in [-0.2, 0) is 6.42 Å². The second-order valence-corrected chi connectivity index (χ2v) is 6.89. The van der Waals surface area contributed by atoms with Crippen molar-refractivity contribution in [3.63, 3.8) is 0 Å². The molecule has 0 amide bonds. The lowest BCUT2D eigenvalue weighted by Gasteiger charge is -2.28. The highest BCUT2D eigenvalue weighted by molar-refractivity contribution is 5.33. The van der Waals surface area contributed by atoms with Crippen molar-refractivity contribution < 1.29 is 13.2 Å². The van der Waals surface area contributed by atoms with E-state index in [1.165, 1.54) is 30.7 Å². The monoisotopic (exact) mass is 332 g/mol. The van der Waals surface area contributed by atoms with E-state index in [0.29, 0.717) is 5.56 Å². The molecule has 2 aromatic rings. The maximum Gasteiger partial charge on any atom is 0.129 e. The fourth-order valence-corrected chi connectivity index (χ4v) is 3.74. The second-order valence-electron chi connectivity index (χ2n) is 6.89. The Morgan fingerprint density at radius 2 is 1.46 bits per heavy atom. The summed E-state index contributed by atoms with van der Waals surface area (Å²) in [7, 11) is 0. The van der Waals surface area contributed by atoms with Crippen LogP contribution < -0.4 is 0 Å². The van der Waals surface area contributed by atoms with Gasteiger partial charge in [-0.1, -0.05) is 25.5 Å². The van der Waals surface area contributed by atoms with Gasteiger partial charge in [0.25, 0.3) is 0 Å². The van der Waals surface area contributed by atoms with E-state index in [2.05, 4.69) is 6.92 Å². The zero-order chi connectivity index (χ0) is 17.1. The van der Waals surface area contributed by atoms with Crippen molar-refractivity contribution in [2.24, 2.45) is 5.92 Å². The zero-order valence-corrected chi connectivity index (χ0v) is 14.0. The summed E-state index contributed by atoms with van der Waals surface area (Å²) in [6.45, 7) is 2.20. The molecule has 128 valence electrons. The smallest absolute Gasteiger partial charge is 0.129 e. The minimum atomic E-state index is -0.494. The summed E-state index contributed by atoms with van der Waals surface area (Å²) in [5, 5.41) is 0. The van der Waals surface area contributed by atoms with Crippen molar-refractivity contribution >= 4 is 0 Å². The topological polar surface area (TPSA) is 0 Å². The van der Waals surface area contributed by atoms with Crippen LogP contribution in [0, 0.1) is 23.4 Å². The van der Waals surface area contributed by atoms with E-state index in [1.807, 2.05) is 0 Å². The first-order valence-electron chi connectivity index (χ1n) is 8.79. The highest BCUT2D eigenvalue weighted by Crippen LogP contribution is 2.38. The molecule has 0 aliphatic heterocycles. The molecule has 3 rings (SSSR count). The molecule has 1 aliphatic carbocycles. The van der Waals surface area contributed by atoms with Gasteiger partial charge in [-0.15, -0.1) is 0 Å². The predicted molar refractivity (Wildman–Crippen MR) is 90.6 cm³/mol. The van der Waals surface area contributed by atoms with E-state index < -0.39 is 11.6 Å². The average molecular weight is 332 g/mol. The van der Waals surface area contributed by atoms with Crippen molar-refractivity contribution in [2.45, 2.75) is 51.4 Å². The third kappa shape index (κ3) is 3.82. The number of benzene rings is 2. The molecular weight excluding hydrogens is 309 g/mol. The SMILES string of the molecule is CCC1CCC(c2cc(F)c(Cc3ccc(F)cc3)c(F)c2)CC1. The molecule has 2 aromatic carbocycles. The Morgan fingerprint density at radius 3 is 2.00 bits per heavy atom. The Labute approximate surface area is 141 Å². The first kappa shape index (κ1) is 17.1. The van der Waals surface area contributed by atoms with Gasteiger partial charge in [0.2, 0.25) is 0 Å². The van der Waals surface area contributed by atoms with Crippen LogP contribution >= 0.6 is 0 Å². The highest BCUT2D eigenvalue weighted by atomic mass is 19.1. The molecule has 0 unspecified atom stereocenters. The highest BCUT2D eigenvalue weighted by Gasteiger charge is 2.23. The summed E-state index contributed by atoms with van der Waals surface area (Å²) in [6.07, 6.45) is 5.62. The van der Waals surface area contributed by atoms with Crippen molar-refractivity contribution in [2.75, 3.05) is 0 Å². The van der Waals surface area contributed by atoms with Gasteiger partial charge >= 0.3 is 0 Å². The van der Waals surface area contributed by atoms with Crippen LogP contribution in [0.1, 0.15) is 61.6 Å². The Kier molecular flexibility index (Phi) is 5.27. The van der Waals surface area contributed by atoms with Crippen LogP contribution in [0.4, 0.5) is 13.2 Å². The van der Waals surface area contributed by atoms with Gasteiger partial charge in [-0.25, -0.2) is 13.2 Å². The van der Waals surface area contributed by atoms with Crippen LogP contribution in [0.5, 0.6) is 0 Å². The largest absolute Gasteiger partial charge is 0.207 e. The normalized spacial score (nSPS) is 21.0. The summed E-state index contributed by atoms with van der Waals surface area (Å²) in [6, 6.07) is 8.75. The van der Waals surface area contributed by atoms with E-state index in [1.54, 1.807) is 12.1 Å². The fraction of sp³-hybridized carbons (Fsp3) is 0.429. The van der Waals surface area contributed by atoms with Crippen LogP contribution in [0.2, 0.25) is 0 Å². The molecule has 1 saturated carbocycles. The summed E-state index contributed by atoms with van der Waals surface area (Å²) in [5.41, 5.74) is 1.54. The molecule has 0 aromatic heterocycles. The van der Waals surface area contributed by atoms with Gasteiger partial charge < -0.3 is 0 Å². The molecule has 0 spiro atoms. The standard InChI is InChI=1S/C21H23F3/c1-2-14-3-7-16(8-4-14)17-12-20(23)19(21(24)13-17)11-15-5-9-18(22)10-6-15/h5-6,9-10,12-14,16H,2-4,7-8,11H2,1H3. The predicted octanol–water partition coefficient (Wildman–Crippen LogP) is 6.38. The van der Waals surface area contributed by atoms with Gasteiger partial charge in [0.1, 0.15) is 17.5 Å². The van der Waals surface area contributed by atoms with E-state index in [9.17, 15) is 13.2 Å². The third-order valence-corrected chi connectivity index (χ3v) is 5.35. The molecule has 0 radical (unpaired) electrons. The van der Waals surface area contributed by atoms with Gasteiger partial charge in [-0.2, -0.15) is 0 Å². The maximum absolute atomic E-state index is 14.5. The number of rotatable bonds is 4. The Balaban J connectivity index is 1.77. The Bertz CT molecular complexity index is 660. The summed E-state index contributed by atoms with van der Waals surface area (Å²) in [4.78, 5) is 0. The molecule has 0 nitrogen and oxygen atoms in total. The van der Waals surface area contributed by atoms with E-state index in [0.717, 1.165) is 37.2 Å². The van der Waals surface area contributed by atoms with Crippen LogP contribution in [-0.4, -0.2) is 0 Å². The van der Waals surface area contributed by atoms with Gasteiger partial charge in [-0.05, 0) is 72.9 Å². The summed E-state index contributed by atoms with van der Waals surface area (Å²) in [5.74, 6) is -0.318. The van der Waals surface area contributed by atoms with Crippen molar-refractivity contribution in [1.29, 1.82) is 0 Å². The molecule has 24 heavy (non-hydrogen) atoms. The molecule has 0 N–H and O–H groups in total. The zero-order valence-electron chi connectivity index (χ0n) is 14.0. The first-order valence-corrected chi connectivity index (χ1v) is 8.79. The van der Waals surface area contributed by atoms with E-state index >= 15 is 0 Å². The van der Waals surface area contributed by atoms with E-state index in [4.69, 9.17) is 0 Å². The van der Waals surface area contributed by atoms with Crippen molar-refractivity contribution in [1.82, 2.24) is 0 Å². The molecule has 1 aliphatic rings. The lowest BCUT2D eigenvalue weighted by Crippen LogP contribution is -2.13. The van der Waals surface area contributed by atoms with E-state index in [-0.39, 0.29) is 23.7 Å². The van der Waals surface area contributed by atoms with Crippen LogP contribution in [0.15, 0.2) is 36.4 Å². The van der Waals surface area contributed by atoms with Gasteiger partial charge in [0.05, 0.1) is 0 Å². The molecule has 0 saturated heterocycles. The lowest BCUT2D eigenvalue weighted by molar-refractivity contribution is 0.317. The Morgan fingerprint density at radius 1 is 0.875 bits per heavy atom. The van der Waals surface area contributed by atoms with Gasteiger partial charge in [-0.3, -0.25) is 0 Å². The summed E-state index contributed by atoms with van der Waals surface area (Å²) < 4.78 is 41.9. The molecule has 0 bridgehead atoms. The number of hydrogen-bond donors (Lipinski definition) is 0. The molecule has 3 heteroatoms. The first-order chi connectivity index (χ1) is 11.6. The minimum Gasteiger partial charge on any atom is -0.207 e. The molecule has 0 atom stereocenters. The molecule has 0 heterocycles. The maximum atomic E-state index is 14.5. The fourth-order valence-electron chi connectivity index (χ4n) is 3.74. The molecular formula is C21H23F3. The van der Waals surface area contributed by atoms with Crippen LogP contribution in [0.3, 0.4) is 0 Å². The summed E-state index contributed by atoms with van der Waals surface area (Å²) >= 11 is 0. The quantitative estimate of drug-likeness (QED) is 0.609. The van der Waals surface area contributed by atoms with Crippen molar-refractivity contribution in [3.05, 3.63) is 70.5 Å².